The van der Waals surface area contributed by atoms with Gasteiger partial charge >= 0.3 is 0 Å². The Bertz CT molecular complexity index is 104. The second-order valence-electron chi connectivity index (χ2n) is 3.39. The Morgan fingerprint density at radius 2 is 2.00 bits per heavy atom. The SMILES string of the molecule is C[SiH](O)COC(C)(C)CCO. The molecule has 1 unspecified atom stereocenters. The Kier molecular flexibility index (Phi) is 4.91. The molecule has 0 heterocycles. The zero-order valence-electron chi connectivity index (χ0n) is 7.50. The maximum atomic E-state index is 9.04. The summed E-state index contributed by atoms with van der Waals surface area (Å²) in [6.07, 6.45) is 1.08. The molecule has 0 amide bonds. The largest absolute Gasteiger partial charge is 0.433 e. The molecule has 4 heteroatoms. The van der Waals surface area contributed by atoms with Crippen molar-refractivity contribution in [2.45, 2.75) is 32.4 Å². The van der Waals surface area contributed by atoms with Gasteiger partial charge in [-0.05, 0) is 26.8 Å². The third-order valence-electron chi connectivity index (χ3n) is 1.43. The molecule has 1 atom stereocenters. The quantitative estimate of drug-likeness (QED) is 0.585. The monoisotopic (exact) mass is 178 g/mol. The highest BCUT2D eigenvalue weighted by atomic mass is 28.3. The highest BCUT2D eigenvalue weighted by molar-refractivity contribution is 6.48. The van der Waals surface area contributed by atoms with Gasteiger partial charge in [0.15, 0.2) is 9.04 Å². The van der Waals surface area contributed by atoms with Crippen LogP contribution in [0.5, 0.6) is 0 Å². The molecule has 2 N–H and O–H groups in total. The van der Waals surface area contributed by atoms with Crippen LogP contribution in [0.25, 0.3) is 0 Å². The number of rotatable bonds is 5. The molecule has 3 nitrogen and oxygen atoms in total. The molecule has 0 saturated carbocycles. The van der Waals surface area contributed by atoms with Gasteiger partial charge in [0.25, 0.3) is 0 Å². The normalized spacial score (nSPS) is 15.0. The van der Waals surface area contributed by atoms with Crippen molar-refractivity contribution in [3.63, 3.8) is 0 Å². The maximum absolute atomic E-state index is 9.04. The van der Waals surface area contributed by atoms with Gasteiger partial charge in [0.1, 0.15) is 0 Å². The van der Waals surface area contributed by atoms with Gasteiger partial charge in [-0.25, -0.2) is 0 Å². The molecule has 11 heavy (non-hydrogen) atoms. The molecule has 0 bridgehead atoms. The number of hydrogen-bond acceptors (Lipinski definition) is 3. The van der Waals surface area contributed by atoms with Crippen molar-refractivity contribution in [3.05, 3.63) is 0 Å². The third-order valence-corrected chi connectivity index (χ3v) is 2.08. The minimum atomic E-state index is -1.60. The van der Waals surface area contributed by atoms with E-state index in [2.05, 4.69) is 0 Å². The Morgan fingerprint density at radius 3 is 2.36 bits per heavy atom. The molecular weight excluding hydrogens is 160 g/mol. The summed E-state index contributed by atoms with van der Waals surface area (Å²) in [4.78, 5) is 9.04. The van der Waals surface area contributed by atoms with E-state index >= 15 is 0 Å². The first-order valence-corrected chi connectivity index (χ1v) is 6.39. The summed E-state index contributed by atoms with van der Waals surface area (Å²) in [5.41, 5.74) is -0.293. The summed E-state index contributed by atoms with van der Waals surface area (Å²) in [5.74, 6) is 0. The Hall–Kier alpha value is 0.0969. The first-order valence-electron chi connectivity index (χ1n) is 3.91. The van der Waals surface area contributed by atoms with E-state index in [1.807, 2.05) is 20.4 Å². The molecule has 0 aromatic carbocycles. The molecule has 0 rings (SSSR count). The van der Waals surface area contributed by atoms with Gasteiger partial charge in [0.05, 0.1) is 11.8 Å². The predicted molar refractivity (Wildman–Crippen MR) is 47.0 cm³/mol. The summed E-state index contributed by atoms with van der Waals surface area (Å²) < 4.78 is 5.38. The lowest BCUT2D eigenvalue weighted by Gasteiger charge is -2.24. The van der Waals surface area contributed by atoms with Crippen LogP contribution in [0.15, 0.2) is 0 Å². The fourth-order valence-electron chi connectivity index (χ4n) is 0.688. The molecule has 0 fully saturated rings. The molecule has 0 aromatic rings. The van der Waals surface area contributed by atoms with Gasteiger partial charge in [-0.3, -0.25) is 0 Å². The number of hydrogen-bond donors (Lipinski definition) is 2. The van der Waals surface area contributed by atoms with Crippen molar-refractivity contribution in [1.29, 1.82) is 0 Å². The van der Waals surface area contributed by atoms with Crippen LogP contribution >= 0.6 is 0 Å². The Balaban J connectivity index is 3.54. The summed E-state index contributed by atoms with van der Waals surface area (Å²) in [6, 6.07) is 0. The molecule has 0 radical (unpaired) electrons. The van der Waals surface area contributed by atoms with Crippen LogP contribution < -0.4 is 0 Å². The van der Waals surface area contributed by atoms with Crippen LogP contribution in [0.1, 0.15) is 20.3 Å². The predicted octanol–water partition coefficient (Wildman–Crippen LogP) is 0.0491. The highest BCUT2D eigenvalue weighted by Crippen LogP contribution is 2.13. The van der Waals surface area contributed by atoms with E-state index in [9.17, 15) is 0 Å². The second kappa shape index (κ2) is 4.87. The molecule has 68 valence electrons. The van der Waals surface area contributed by atoms with Crippen molar-refractivity contribution in [2.24, 2.45) is 0 Å². The van der Waals surface area contributed by atoms with Gasteiger partial charge in [0, 0.05) is 6.61 Å². The summed E-state index contributed by atoms with van der Waals surface area (Å²) in [7, 11) is -1.60. The molecular formula is C7H18O3Si. The zero-order valence-corrected chi connectivity index (χ0v) is 8.66. The minimum absolute atomic E-state index is 0.133. The first-order chi connectivity index (χ1) is 4.98. The molecule has 0 spiro atoms. The molecule has 0 aliphatic rings. The minimum Gasteiger partial charge on any atom is -0.433 e. The van der Waals surface area contributed by atoms with Crippen LogP contribution in [-0.4, -0.2) is 37.4 Å². The van der Waals surface area contributed by atoms with Gasteiger partial charge in [0.2, 0.25) is 0 Å². The topological polar surface area (TPSA) is 49.7 Å². The lowest BCUT2D eigenvalue weighted by molar-refractivity contribution is -0.0134. The van der Waals surface area contributed by atoms with Crippen molar-refractivity contribution >= 4 is 9.04 Å². The van der Waals surface area contributed by atoms with Gasteiger partial charge in [-0.2, -0.15) is 0 Å². The highest BCUT2D eigenvalue weighted by Gasteiger charge is 2.18. The zero-order chi connectivity index (χ0) is 8.91. The van der Waals surface area contributed by atoms with E-state index in [4.69, 9.17) is 14.6 Å². The first kappa shape index (κ1) is 11.1. The van der Waals surface area contributed by atoms with Gasteiger partial charge in [-0.1, -0.05) is 0 Å². The van der Waals surface area contributed by atoms with Crippen LogP contribution in [-0.2, 0) is 4.74 Å². The van der Waals surface area contributed by atoms with E-state index in [0.29, 0.717) is 12.7 Å². The smallest absolute Gasteiger partial charge is 0.194 e. The van der Waals surface area contributed by atoms with Crippen molar-refractivity contribution in [1.82, 2.24) is 0 Å². The van der Waals surface area contributed by atoms with Crippen LogP contribution in [0.2, 0.25) is 6.55 Å². The van der Waals surface area contributed by atoms with Gasteiger partial charge in [-0.15, -0.1) is 0 Å². The number of aliphatic hydroxyl groups is 1. The fraction of sp³-hybridized carbons (Fsp3) is 1.00. The van der Waals surface area contributed by atoms with Crippen molar-refractivity contribution < 1.29 is 14.6 Å². The third kappa shape index (κ3) is 6.49. The van der Waals surface area contributed by atoms with E-state index in [1.165, 1.54) is 0 Å². The lowest BCUT2D eigenvalue weighted by Crippen LogP contribution is -2.30. The number of aliphatic hydroxyl groups excluding tert-OH is 1. The van der Waals surface area contributed by atoms with Crippen LogP contribution in [0.3, 0.4) is 0 Å². The maximum Gasteiger partial charge on any atom is 0.194 e. The standard InChI is InChI=1S/C7H18O3Si/c1-7(2,4-5-8)10-6-11(3)9/h8-9,11H,4-6H2,1-3H3. The molecule has 0 saturated heterocycles. The van der Waals surface area contributed by atoms with Crippen LogP contribution in [0, 0.1) is 0 Å². The molecule has 0 aliphatic heterocycles. The van der Waals surface area contributed by atoms with E-state index in [-0.39, 0.29) is 12.2 Å². The number of ether oxygens (including phenoxy) is 1. The summed E-state index contributed by atoms with van der Waals surface area (Å²) in [5, 5.41) is 8.64. The molecule has 0 aromatic heterocycles. The van der Waals surface area contributed by atoms with E-state index < -0.39 is 9.04 Å². The van der Waals surface area contributed by atoms with Gasteiger partial charge < -0.3 is 14.6 Å². The second-order valence-corrected chi connectivity index (χ2v) is 5.42. The van der Waals surface area contributed by atoms with E-state index in [1.54, 1.807) is 0 Å². The fourth-order valence-corrected chi connectivity index (χ4v) is 1.38. The summed E-state index contributed by atoms with van der Waals surface area (Å²) in [6.45, 7) is 5.78. The summed E-state index contributed by atoms with van der Waals surface area (Å²) >= 11 is 0. The Labute approximate surface area is 69.7 Å². The van der Waals surface area contributed by atoms with Crippen molar-refractivity contribution in [3.8, 4) is 0 Å². The Morgan fingerprint density at radius 1 is 1.45 bits per heavy atom. The average Bonchev–Trinajstić information content (AvgIpc) is 1.84. The van der Waals surface area contributed by atoms with E-state index in [0.717, 1.165) is 0 Å². The average molecular weight is 178 g/mol. The van der Waals surface area contributed by atoms with Crippen molar-refractivity contribution in [2.75, 3.05) is 12.8 Å². The lowest BCUT2D eigenvalue weighted by atomic mass is 10.1. The molecule has 0 aliphatic carbocycles. The van der Waals surface area contributed by atoms with Crippen LogP contribution in [0.4, 0.5) is 0 Å².